The number of nitrogens with zero attached hydrogens (tertiary/aromatic N) is 2. The largest absolute Gasteiger partial charge is 0.507 e. The Bertz CT molecular complexity index is 1200. The SMILES string of the molecule is COc1ccc(N2C(=O)C(=O)/C(=C(\O)c3ccc(OCC(C)C)cc3)C2c2ccccn2)cc1. The van der Waals surface area contributed by atoms with Gasteiger partial charge in [-0.3, -0.25) is 19.5 Å². The maximum atomic E-state index is 13.2. The Morgan fingerprint density at radius 2 is 1.68 bits per heavy atom. The van der Waals surface area contributed by atoms with Crippen LogP contribution in [0.5, 0.6) is 11.5 Å². The van der Waals surface area contributed by atoms with Gasteiger partial charge in [-0.1, -0.05) is 19.9 Å². The molecule has 7 nitrogen and oxygen atoms in total. The number of aliphatic hydroxyl groups excluding tert-OH is 1. The monoisotopic (exact) mass is 458 g/mol. The van der Waals surface area contributed by atoms with E-state index in [2.05, 4.69) is 18.8 Å². The molecule has 34 heavy (non-hydrogen) atoms. The van der Waals surface area contributed by atoms with Crippen molar-refractivity contribution in [3.8, 4) is 11.5 Å². The molecule has 4 rings (SSSR count). The molecule has 1 N–H and O–H groups in total. The van der Waals surface area contributed by atoms with E-state index < -0.39 is 17.7 Å². The molecule has 7 heteroatoms. The summed E-state index contributed by atoms with van der Waals surface area (Å²) in [5.74, 6) is -0.121. The zero-order chi connectivity index (χ0) is 24.2. The van der Waals surface area contributed by atoms with Crippen LogP contribution in [-0.2, 0) is 9.59 Å². The number of hydrogen-bond acceptors (Lipinski definition) is 6. The number of benzene rings is 2. The molecule has 1 saturated heterocycles. The lowest BCUT2D eigenvalue weighted by Crippen LogP contribution is -2.29. The van der Waals surface area contributed by atoms with Gasteiger partial charge in [-0.15, -0.1) is 0 Å². The molecule has 1 atom stereocenters. The van der Waals surface area contributed by atoms with Crippen molar-refractivity contribution in [3.05, 3.63) is 89.8 Å². The Morgan fingerprint density at radius 3 is 2.26 bits per heavy atom. The van der Waals surface area contributed by atoms with Crippen molar-refractivity contribution in [2.45, 2.75) is 19.9 Å². The zero-order valence-electron chi connectivity index (χ0n) is 19.3. The Hall–Kier alpha value is -4.13. The number of aromatic nitrogens is 1. The average molecular weight is 459 g/mol. The summed E-state index contributed by atoms with van der Waals surface area (Å²) in [6.45, 7) is 4.68. The van der Waals surface area contributed by atoms with Gasteiger partial charge < -0.3 is 14.6 Å². The number of methoxy groups -OCH3 is 1. The topological polar surface area (TPSA) is 89.0 Å². The highest BCUT2D eigenvalue weighted by Crippen LogP contribution is 2.41. The first-order chi connectivity index (χ1) is 16.4. The molecular weight excluding hydrogens is 432 g/mol. The molecular formula is C27H26N2O5. The van der Waals surface area contributed by atoms with Crippen LogP contribution in [0.2, 0.25) is 0 Å². The number of anilines is 1. The van der Waals surface area contributed by atoms with Crippen molar-refractivity contribution in [2.24, 2.45) is 5.92 Å². The van der Waals surface area contributed by atoms with Crippen LogP contribution in [0.1, 0.15) is 31.1 Å². The van der Waals surface area contributed by atoms with E-state index in [1.165, 1.54) is 4.90 Å². The van der Waals surface area contributed by atoms with Gasteiger partial charge in [0, 0.05) is 17.4 Å². The number of pyridine rings is 1. The molecule has 2 heterocycles. The second kappa shape index (κ2) is 9.79. The Kier molecular flexibility index (Phi) is 6.63. The molecule has 1 aromatic heterocycles. The average Bonchev–Trinajstić information content (AvgIpc) is 3.13. The van der Waals surface area contributed by atoms with Gasteiger partial charge in [0.25, 0.3) is 11.7 Å². The van der Waals surface area contributed by atoms with E-state index >= 15 is 0 Å². The van der Waals surface area contributed by atoms with Crippen LogP contribution < -0.4 is 14.4 Å². The highest BCUT2D eigenvalue weighted by molar-refractivity contribution is 6.51. The number of ether oxygens (including phenoxy) is 2. The maximum Gasteiger partial charge on any atom is 0.300 e. The van der Waals surface area contributed by atoms with Crippen LogP contribution >= 0.6 is 0 Å². The van der Waals surface area contributed by atoms with E-state index in [1.807, 2.05) is 0 Å². The summed E-state index contributed by atoms with van der Waals surface area (Å²) in [5, 5.41) is 11.2. The minimum absolute atomic E-state index is 0.0182. The third-order valence-corrected chi connectivity index (χ3v) is 5.47. The van der Waals surface area contributed by atoms with Crippen LogP contribution in [0.25, 0.3) is 5.76 Å². The lowest BCUT2D eigenvalue weighted by Gasteiger charge is -2.24. The number of carbonyl (C=O) groups excluding carboxylic acids is 2. The van der Waals surface area contributed by atoms with Crippen molar-refractivity contribution in [3.63, 3.8) is 0 Å². The van der Waals surface area contributed by atoms with Crippen LogP contribution in [-0.4, -0.2) is 35.5 Å². The number of aliphatic hydroxyl groups is 1. The predicted octanol–water partition coefficient (Wildman–Crippen LogP) is 4.75. The number of ketones is 1. The van der Waals surface area contributed by atoms with E-state index in [9.17, 15) is 14.7 Å². The maximum absolute atomic E-state index is 13.2. The normalized spacial score (nSPS) is 17.3. The van der Waals surface area contributed by atoms with E-state index in [-0.39, 0.29) is 11.3 Å². The predicted molar refractivity (Wildman–Crippen MR) is 129 cm³/mol. The smallest absolute Gasteiger partial charge is 0.300 e. The molecule has 1 unspecified atom stereocenters. The number of hydrogen-bond donors (Lipinski definition) is 1. The summed E-state index contributed by atoms with van der Waals surface area (Å²) in [6, 6.07) is 18.0. The quantitative estimate of drug-likeness (QED) is 0.312. The lowest BCUT2D eigenvalue weighted by atomic mass is 9.98. The fourth-order valence-corrected chi connectivity index (χ4v) is 3.79. The van der Waals surface area contributed by atoms with Crippen molar-refractivity contribution >= 4 is 23.1 Å². The summed E-state index contributed by atoms with van der Waals surface area (Å²) >= 11 is 0. The van der Waals surface area contributed by atoms with E-state index in [0.29, 0.717) is 41.0 Å². The highest BCUT2D eigenvalue weighted by Gasteiger charge is 2.47. The molecule has 0 aliphatic carbocycles. The second-order valence-corrected chi connectivity index (χ2v) is 8.35. The van der Waals surface area contributed by atoms with Crippen molar-refractivity contribution in [2.75, 3.05) is 18.6 Å². The number of carbonyl (C=O) groups is 2. The van der Waals surface area contributed by atoms with Crippen LogP contribution in [0.4, 0.5) is 5.69 Å². The number of amides is 1. The third-order valence-electron chi connectivity index (χ3n) is 5.47. The van der Waals surface area contributed by atoms with Crippen LogP contribution in [0.15, 0.2) is 78.5 Å². The van der Waals surface area contributed by atoms with E-state index in [4.69, 9.17) is 9.47 Å². The van der Waals surface area contributed by atoms with Gasteiger partial charge in [-0.25, -0.2) is 0 Å². The minimum Gasteiger partial charge on any atom is -0.507 e. The second-order valence-electron chi connectivity index (χ2n) is 8.35. The van der Waals surface area contributed by atoms with Gasteiger partial charge in [0.05, 0.1) is 25.0 Å². The molecule has 1 fully saturated rings. The molecule has 0 bridgehead atoms. The zero-order valence-corrected chi connectivity index (χ0v) is 19.3. The molecule has 0 spiro atoms. The highest BCUT2D eigenvalue weighted by atomic mass is 16.5. The molecule has 0 radical (unpaired) electrons. The Labute approximate surface area is 198 Å². The molecule has 0 saturated carbocycles. The number of Topliss-reactive ketones (excluding diaryl/α,β-unsaturated/α-hetero) is 1. The summed E-state index contributed by atoms with van der Waals surface area (Å²) in [7, 11) is 1.55. The van der Waals surface area contributed by atoms with Gasteiger partial charge in [0.2, 0.25) is 0 Å². The standard InChI is InChI=1S/C27H26N2O5/c1-17(2)16-34-21-11-7-18(8-12-21)25(30)23-24(22-6-4-5-15-28-22)29(27(32)26(23)31)19-9-13-20(33-3)14-10-19/h4-15,17,24,30H,16H2,1-3H3/b25-23-. The van der Waals surface area contributed by atoms with Crippen molar-refractivity contribution in [1.29, 1.82) is 0 Å². The Balaban J connectivity index is 1.79. The molecule has 3 aromatic rings. The first-order valence-corrected chi connectivity index (χ1v) is 11.0. The van der Waals surface area contributed by atoms with Crippen molar-refractivity contribution < 1.29 is 24.2 Å². The first kappa shape index (κ1) is 23.0. The summed E-state index contributed by atoms with van der Waals surface area (Å²) in [6.07, 6.45) is 1.59. The molecule has 1 aliphatic rings. The minimum atomic E-state index is -0.883. The lowest BCUT2D eigenvalue weighted by molar-refractivity contribution is -0.132. The van der Waals surface area contributed by atoms with Gasteiger partial charge in [-0.2, -0.15) is 0 Å². The van der Waals surface area contributed by atoms with E-state index in [1.54, 1.807) is 80.0 Å². The first-order valence-electron chi connectivity index (χ1n) is 11.0. The van der Waals surface area contributed by atoms with E-state index in [0.717, 1.165) is 0 Å². The number of rotatable bonds is 7. The Morgan fingerprint density at radius 1 is 1.00 bits per heavy atom. The summed E-state index contributed by atoms with van der Waals surface area (Å²) in [4.78, 5) is 32.1. The fraction of sp³-hybridized carbons (Fsp3) is 0.222. The molecule has 1 amide bonds. The fourth-order valence-electron chi connectivity index (χ4n) is 3.79. The van der Waals surface area contributed by atoms with Gasteiger partial charge in [0.1, 0.15) is 23.3 Å². The molecule has 1 aliphatic heterocycles. The van der Waals surface area contributed by atoms with Crippen LogP contribution in [0, 0.1) is 5.92 Å². The van der Waals surface area contributed by atoms with Gasteiger partial charge in [-0.05, 0) is 66.6 Å². The van der Waals surface area contributed by atoms with Crippen LogP contribution in [0.3, 0.4) is 0 Å². The third kappa shape index (κ3) is 4.50. The summed E-state index contributed by atoms with van der Waals surface area (Å²) in [5.41, 5.74) is 1.35. The molecule has 2 aromatic carbocycles. The van der Waals surface area contributed by atoms with Gasteiger partial charge >= 0.3 is 0 Å². The van der Waals surface area contributed by atoms with Gasteiger partial charge in [0.15, 0.2) is 0 Å². The van der Waals surface area contributed by atoms with Crippen molar-refractivity contribution in [1.82, 2.24) is 4.98 Å². The summed E-state index contributed by atoms with van der Waals surface area (Å²) < 4.78 is 10.9. The molecule has 174 valence electrons.